The van der Waals surface area contributed by atoms with Crippen molar-refractivity contribution in [2.75, 3.05) is 26.2 Å². The topological polar surface area (TPSA) is 41.6 Å². The molecule has 3 atom stereocenters. The van der Waals surface area contributed by atoms with Crippen LogP contribution in [-0.2, 0) is 9.53 Å². The number of hydrogen-bond donors (Lipinski definition) is 1. The van der Waals surface area contributed by atoms with Crippen molar-refractivity contribution in [1.82, 2.24) is 10.2 Å². The Hall–Kier alpha value is -0.610. The van der Waals surface area contributed by atoms with E-state index in [1.54, 1.807) is 0 Å². The number of ether oxygens (including phenoxy) is 1. The summed E-state index contributed by atoms with van der Waals surface area (Å²) in [4.78, 5) is 14.1. The Morgan fingerprint density at radius 2 is 2.12 bits per heavy atom. The van der Waals surface area contributed by atoms with Crippen molar-refractivity contribution >= 4 is 5.97 Å². The summed E-state index contributed by atoms with van der Waals surface area (Å²) in [6, 6.07) is 0.488. The molecule has 0 spiro atoms. The molecule has 2 saturated heterocycles. The van der Waals surface area contributed by atoms with Gasteiger partial charge in [-0.3, -0.25) is 9.69 Å². The number of likely N-dealkylation sites (tertiary alicyclic amines) is 1. The molecule has 0 radical (unpaired) electrons. The standard InChI is InChI=1S/C13H24N2O2/c1-9-11-6-14-5-10(11)7-15(9)8-12(16)17-13(2,3)4/h9-11,14H,5-8H2,1-4H3. The summed E-state index contributed by atoms with van der Waals surface area (Å²) in [5.74, 6) is 1.32. The van der Waals surface area contributed by atoms with Crippen molar-refractivity contribution in [3.05, 3.63) is 0 Å². The molecule has 2 aliphatic heterocycles. The number of esters is 1. The van der Waals surface area contributed by atoms with Gasteiger partial charge in [-0.25, -0.2) is 0 Å². The van der Waals surface area contributed by atoms with Gasteiger partial charge in [-0.05, 0) is 52.6 Å². The Kier molecular flexibility index (Phi) is 3.46. The third-order valence-corrected chi connectivity index (χ3v) is 3.81. The number of carbonyl (C=O) groups excluding carboxylic acids is 1. The van der Waals surface area contributed by atoms with Crippen LogP contribution in [0.3, 0.4) is 0 Å². The van der Waals surface area contributed by atoms with Gasteiger partial charge in [-0.1, -0.05) is 0 Å². The summed E-state index contributed by atoms with van der Waals surface area (Å²) in [6.45, 7) is 11.6. The summed E-state index contributed by atoms with van der Waals surface area (Å²) in [7, 11) is 0. The van der Waals surface area contributed by atoms with Crippen LogP contribution in [0, 0.1) is 11.8 Å². The van der Waals surface area contributed by atoms with Crippen molar-refractivity contribution in [2.24, 2.45) is 11.8 Å². The molecule has 2 fully saturated rings. The lowest BCUT2D eigenvalue weighted by Crippen LogP contribution is -2.39. The lowest BCUT2D eigenvalue weighted by Gasteiger charge is -2.26. The fourth-order valence-corrected chi connectivity index (χ4v) is 3.00. The van der Waals surface area contributed by atoms with Gasteiger partial charge in [0, 0.05) is 12.6 Å². The Balaban J connectivity index is 1.86. The predicted octanol–water partition coefficient (Wildman–Crippen LogP) is 0.868. The molecule has 0 aromatic heterocycles. The molecule has 2 rings (SSSR count). The van der Waals surface area contributed by atoms with Gasteiger partial charge in [0.25, 0.3) is 0 Å². The zero-order chi connectivity index (χ0) is 12.6. The number of nitrogens with zero attached hydrogens (tertiary/aromatic N) is 1. The monoisotopic (exact) mass is 240 g/mol. The molecule has 0 amide bonds. The van der Waals surface area contributed by atoms with Gasteiger partial charge in [-0.15, -0.1) is 0 Å². The number of nitrogens with one attached hydrogen (secondary N) is 1. The quantitative estimate of drug-likeness (QED) is 0.727. The minimum Gasteiger partial charge on any atom is -0.459 e. The molecule has 0 aromatic rings. The maximum absolute atomic E-state index is 11.8. The molecule has 17 heavy (non-hydrogen) atoms. The smallest absolute Gasteiger partial charge is 0.320 e. The van der Waals surface area contributed by atoms with Crippen LogP contribution in [0.4, 0.5) is 0 Å². The van der Waals surface area contributed by atoms with E-state index in [1.165, 1.54) is 0 Å². The van der Waals surface area contributed by atoms with Gasteiger partial charge in [0.1, 0.15) is 5.60 Å². The zero-order valence-corrected chi connectivity index (χ0v) is 11.3. The summed E-state index contributed by atoms with van der Waals surface area (Å²) >= 11 is 0. The number of fused-ring (bicyclic) bond motifs is 1. The number of rotatable bonds is 2. The molecule has 0 saturated carbocycles. The van der Waals surface area contributed by atoms with Gasteiger partial charge < -0.3 is 10.1 Å². The van der Waals surface area contributed by atoms with Crippen molar-refractivity contribution in [2.45, 2.75) is 39.3 Å². The van der Waals surface area contributed by atoms with E-state index in [1.807, 2.05) is 20.8 Å². The second-order valence-corrected chi connectivity index (χ2v) is 6.34. The van der Waals surface area contributed by atoms with Crippen molar-refractivity contribution in [3.8, 4) is 0 Å². The second kappa shape index (κ2) is 4.58. The Morgan fingerprint density at radius 3 is 2.71 bits per heavy atom. The van der Waals surface area contributed by atoms with E-state index in [0.717, 1.165) is 19.6 Å². The van der Waals surface area contributed by atoms with E-state index >= 15 is 0 Å². The lowest BCUT2D eigenvalue weighted by atomic mass is 9.95. The third kappa shape index (κ3) is 2.99. The molecule has 2 aliphatic rings. The molecule has 98 valence electrons. The summed E-state index contributed by atoms with van der Waals surface area (Å²) in [5.41, 5.74) is -0.378. The molecule has 4 heteroatoms. The van der Waals surface area contributed by atoms with E-state index in [2.05, 4.69) is 17.1 Å². The number of hydrogen-bond acceptors (Lipinski definition) is 4. The molecule has 0 aromatic carbocycles. The maximum Gasteiger partial charge on any atom is 0.320 e. The predicted molar refractivity (Wildman–Crippen MR) is 66.7 cm³/mol. The highest BCUT2D eigenvalue weighted by molar-refractivity contribution is 5.72. The van der Waals surface area contributed by atoms with Crippen LogP contribution in [0.5, 0.6) is 0 Å². The fourth-order valence-electron chi connectivity index (χ4n) is 3.00. The van der Waals surface area contributed by atoms with Crippen molar-refractivity contribution < 1.29 is 9.53 Å². The van der Waals surface area contributed by atoms with Crippen molar-refractivity contribution in [3.63, 3.8) is 0 Å². The summed E-state index contributed by atoms with van der Waals surface area (Å²) < 4.78 is 5.37. The molecule has 4 nitrogen and oxygen atoms in total. The minimum absolute atomic E-state index is 0.0997. The largest absolute Gasteiger partial charge is 0.459 e. The average Bonchev–Trinajstić information content (AvgIpc) is 2.69. The fraction of sp³-hybridized carbons (Fsp3) is 0.923. The number of carbonyl (C=O) groups is 1. The highest BCUT2D eigenvalue weighted by atomic mass is 16.6. The van der Waals surface area contributed by atoms with Crippen LogP contribution >= 0.6 is 0 Å². The highest BCUT2D eigenvalue weighted by Gasteiger charge is 2.42. The van der Waals surface area contributed by atoms with E-state index < -0.39 is 0 Å². The van der Waals surface area contributed by atoms with Gasteiger partial charge in [0.05, 0.1) is 6.54 Å². The van der Waals surface area contributed by atoms with Crippen LogP contribution in [0.15, 0.2) is 0 Å². The van der Waals surface area contributed by atoms with E-state index in [4.69, 9.17) is 4.74 Å². The highest BCUT2D eigenvalue weighted by Crippen LogP contribution is 2.32. The Bertz CT molecular complexity index is 298. The Labute approximate surface area is 104 Å². The van der Waals surface area contributed by atoms with E-state index in [9.17, 15) is 4.79 Å². The van der Waals surface area contributed by atoms with E-state index in [0.29, 0.717) is 24.4 Å². The van der Waals surface area contributed by atoms with Crippen LogP contribution in [0.2, 0.25) is 0 Å². The van der Waals surface area contributed by atoms with E-state index in [-0.39, 0.29) is 11.6 Å². The minimum atomic E-state index is -0.378. The van der Waals surface area contributed by atoms with Gasteiger partial charge in [0.2, 0.25) is 0 Å². The first-order chi connectivity index (χ1) is 7.87. The van der Waals surface area contributed by atoms with Gasteiger partial charge >= 0.3 is 5.97 Å². The molecular formula is C13H24N2O2. The van der Waals surface area contributed by atoms with Crippen LogP contribution in [0.1, 0.15) is 27.7 Å². The third-order valence-electron chi connectivity index (χ3n) is 3.81. The normalized spacial score (nSPS) is 33.8. The molecular weight excluding hydrogens is 216 g/mol. The summed E-state index contributed by atoms with van der Waals surface area (Å²) in [5, 5.41) is 3.42. The second-order valence-electron chi connectivity index (χ2n) is 6.34. The van der Waals surface area contributed by atoms with Gasteiger partial charge in [0.15, 0.2) is 0 Å². The molecule has 0 aliphatic carbocycles. The molecule has 0 bridgehead atoms. The van der Waals surface area contributed by atoms with Crippen LogP contribution < -0.4 is 5.32 Å². The lowest BCUT2D eigenvalue weighted by molar-refractivity contribution is -0.156. The first-order valence-corrected chi connectivity index (χ1v) is 6.53. The molecule has 2 heterocycles. The SMILES string of the molecule is CC1C2CNCC2CN1CC(=O)OC(C)(C)C. The first-order valence-electron chi connectivity index (χ1n) is 6.53. The van der Waals surface area contributed by atoms with Crippen LogP contribution in [0.25, 0.3) is 0 Å². The molecule has 3 unspecified atom stereocenters. The first kappa shape index (κ1) is 12.8. The van der Waals surface area contributed by atoms with Gasteiger partial charge in [-0.2, -0.15) is 0 Å². The molecule has 1 N–H and O–H groups in total. The average molecular weight is 240 g/mol. The zero-order valence-electron chi connectivity index (χ0n) is 11.3. The van der Waals surface area contributed by atoms with Crippen LogP contribution in [-0.4, -0.2) is 48.7 Å². The summed E-state index contributed by atoms with van der Waals surface area (Å²) in [6.07, 6.45) is 0. The Morgan fingerprint density at radius 1 is 1.41 bits per heavy atom. The maximum atomic E-state index is 11.8. The van der Waals surface area contributed by atoms with Crippen molar-refractivity contribution in [1.29, 1.82) is 0 Å².